The van der Waals surface area contributed by atoms with E-state index in [2.05, 4.69) is 0 Å². The summed E-state index contributed by atoms with van der Waals surface area (Å²) in [5.41, 5.74) is -1.31. The van der Waals surface area contributed by atoms with Gasteiger partial charge >= 0.3 is 0 Å². The maximum atomic E-state index is 9.18. The van der Waals surface area contributed by atoms with Crippen molar-refractivity contribution in [2.24, 2.45) is 10.8 Å². The second-order valence-corrected chi connectivity index (χ2v) is 4.79. The molecule has 0 aliphatic carbocycles. The Bertz CT molecular complexity index is 167. The zero-order chi connectivity index (χ0) is 12.7. The Labute approximate surface area is 96.7 Å². The fourth-order valence-electron chi connectivity index (χ4n) is 1.12. The monoisotopic (exact) mass is 236 g/mol. The summed E-state index contributed by atoms with van der Waals surface area (Å²) >= 11 is 0. The van der Waals surface area contributed by atoms with Crippen LogP contribution in [0.25, 0.3) is 0 Å². The number of hydrogen-bond donors (Lipinski definition) is 4. The molecule has 0 atom stereocenters. The Morgan fingerprint density at radius 3 is 1.69 bits per heavy atom. The van der Waals surface area contributed by atoms with Gasteiger partial charge in [0.15, 0.2) is 0 Å². The molecule has 0 saturated heterocycles. The predicted octanol–water partition coefficient (Wildman–Crippen LogP) is -0.625. The minimum absolute atomic E-state index is 0.144. The van der Waals surface area contributed by atoms with E-state index >= 15 is 0 Å². The Morgan fingerprint density at radius 1 is 0.875 bits per heavy atom. The number of aliphatic hydroxyl groups excluding tert-OH is 4. The first-order chi connectivity index (χ1) is 7.51. The quantitative estimate of drug-likeness (QED) is 0.428. The summed E-state index contributed by atoms with van der Waals surface area (Å²) in [6.45, 7) is 3.37. The molecular formula is C11H24O5. The summed E-state index contributed by atoms with van der Waals surface area (Å²) in [7, 11) is 0. The molecule has 0 aromatic heterocycles. The van der Waals surface area contributed by atoms with Crippen molar-refractivity contribution in [3.8, 4) is 0 Å². The second kappa shape index (κ2) is 7.19. The van der Waals surface area contributed by atoms with Gasteiger partial charge in [-0.3, -0.25) is 0 Å². The molecule has 0 spiro atoms. The lowest BCUT2D eigenvalue weighted by atomic mass is 9.88. The average Bonchev–Trinajstić information content (AvgIpc) is 2.35. The van der Waals surface area contributed by atoms with E-state index in [1.807, 2.05) is 6.92 Å². The van der Waals surface area contributed by atoms with Crippen LogP contribution in [0.3, 0.4) is 0 Å². The van der Waals surface area contributed by atoms with Gasteiger partial charge in [0.1, 0.15) is 0 Å². The molecule has 5 heteroatoms. The molecule has 0 bridgehead atoms. The van der Waals surface area contributed by atoms with Gasteiger partial charge in [-0.1, -0.05) is 13.8 Å². The van der Waals surface area contributed by atoms with Crippen LogP contribution >= 0.6 is 0 Å². The third-order valence-corrected chi connectivity index (χ3v) is 3.04. The van der Waals surface area contributed by atoms with E-state index in [0.29, 0.717) is 6.42 Å². The van der Waals surface area contributed by atoms with Gasteiger partial charge in [-0.05, 0) is 6.42 Å². The van der Waals surface area contributed by atoms with Crippen LogP contribution in [-0.4, -0.2) is 60.1 Å². The fourth-order valence-corrected chi connectivity index (χ4v) is 1.12. The third-order valence-electron chi connectivity index (χ3n) is 3.04. The Morgan fingerprint density at radius 2 is 1.38 bits per heavy atom. The van der Waals surface area contributed by atoms with Crippen LogP contribution in [0, 0.1) is 10.8 Å². The molecule has 0 radical (unpaired) electrons. The minimum Gasteiger partial charge on any atom is -0.396 e. The van der Waals surface area contributed by atoms with Gasteiger partial charge in [-0.25, -0.2) is 0 Å². The second-order valence-electron chi connectivity index (χ2n) is 4.79. The molecule has 4 N–H and O–H groups in total. The van der Waals surface area contributed by atoms with Gasteiger partial charge in [0.05, 0.1) is 39.6 Å². The average molecular weight is 236 g/mol. The molecule has 0 heterocycles. The molecule has 0 rings (SSSR count). The van der Waals surface area contributed by atoms with Crippen molar-refractivity contribution in [3.63, 3.8) is 0 Å². The van der Waals surface area contributed by atoms with Crippen molar-refractivity contribution in [2.75, 3.05) is 39.6 Å². The summed E-state index contributed by atoms with van der Waals surface area (Å²) < 4.78 is 5.38. The van der Waals surface area contributed by atoms with Gasteiger partial charge < -0.3 is 25.2 Å². The zero-order valence-electron chi connectivity index (χ0n) is 10.1. The van der Waals surface area contributed by atoms with E-state index in [4.69, 9.17) is 14.9 Å². The normalized spacial score (nSPS) is 13.1. The standard InChI is InChI=1S/C11H24O5/c1-3-11(6-14,7-15)9-16-8-10(2,4-12)5-13/h12-15H,3-9H2,1-2H3. The topological polar surface area (TPSA) is 90.2 Å². The van der Waals surface area contributed by atoms with Gasteiger partial charge in [-0.2, -0.15) is 0 Å². The Hall–Kier alpha value is -0.200. The van der Waals surface area contributed by atoms with E-state index in [0.717, 1.165) is 0 Å². The van der Waals surface area contributed by atoms with E-state index in [-0.39, 0.29) is 39.6 Å². The Balaban J connectivity index is 4.13. The number of rotatable bonds is 9. The fraction of sp³-hybridized carbons (Fsp3) is 1.00. The van der Waals surface area contributed by atoms with Crippen molar-refractivity contribution in [1.82, 2.24) is 0 Å². The van der Waals surface area contributed by atoms with Crippen LogP contribution in [0.2, 0.25) is 0 Å². The lowest BCUT2D eigenvalue weighted by Gasteiger charge is -2.31. The molecule has 0 aromatic rings. The molecule has 0 aliphatic rings. The molecule has 0 aliphatic heterocycles. The lowest BCUT2D eigenvalue weighted by Crippen LogP contribution is -2.38. The highest BCUT2D eigenvalue weighted by atomic mass is 16.5. The van der Waals surface area contributed by atoms with Gasteiger partial charge in [0, 0.05) is 10.8 Å². The van der Waals surface area contributed by atoms with E-state index in [9.17, 15) is 10.2 Å². The predicted molar refractivity (Wildman–Crippen MR) is 60.0 cm³/mol. The van der Waals surface area contributed by atoms with E-state index < -0.39 is 10.8 Å². The van der Waals surface area contributed by atoms with E-state index in [1.54, 1.807) is 6.92 Å². The van der Waals surface area contributed by atoms with Crippen LogP contribution < -0.4 is 0 Å². The molecular weight excluding hydrogens is 212 g/mol. The number of ether oxygens (including phenoxy) is 1. The van der Waals surface area contributed by atoms with Crippen molar-refractivity contribution < 1.29 is 25.2 Å². The molecule has 16 heavy (non-hydrogen) atoms. The SMILES string of the molecule is CCC(CO)(CO)COCC(C)(CO)CO. The molecule has 0 unspecified atom stereocenters. The smallest absolute Gasteiger partial charge is 0.0566 e. The van der Waals surface area contributed by atoms with Gasteiger partial charge in [0.25, 0.3) is 0 Å². The van der Waals surface area contributed by atoms with Crippen molar-refractivity contribution >= 4 is 0 Å². The van der Waals surface area contributed by atoms with Crippen molar-refractivity contribution in [1.29, 1.82) is 0 Å². The highest BCUT2D eigenvalue weighted by Crippen LogP contribution is 2.22. The number of aliphatic hydroxyl groups is 4. The van der Waals surface area contributed by atoms with Gasteiger partial charge in [0.2, 0.25) is 0 Å². The van der Waals surface area contributed by atoms with Crippen LogP contribution in [-0.2, 0) is 4.74 Å². The van der Waals surface area contributed by atoms with Crippen molar-refractivity contribution in [2.45, 2.75) is 20.3 Å². The summed E-state index contributed by atoms with van der Waals surface area (Å²) in [4.78, 5) is 0. The van der Waals surface area contributed by atoms with E-state index in [1.165, 1.54) is 0 Å². The minimum atomic E-state index is -0.676. The third kappa shape index (κ3) is 4.35. The first-order valence-electron chi connectivity index (χ1n) is 5.52. The first kappa shape index (κ1) is 15.8. The van der Waals surface area contributed by atoms with Crippen LogP contribution in [0.15, 0.2) is 0 Å². The molecule has 0 saturated carbocycles. The maximum absolute atomic E-state index is 9.18. The zero-order valence-corrected chi connectivity index (χ0v) is 10.1. The van der Waals surface area contributed by atoms with Crippen LogP contribution in [0.1, 0.15) is 20.3 Å². The van der Waals surface area contributed by atoms with Gasteiger partial charge in [-0.15, -0.1) is 0 Å². The highest BCUT2D eigenvalue weighted by Gasteiger charge is 2.29. The summed E-state index contributed by atoms with van der Waals surface area (Å²) in [5.74, 6) is 0. The van der Waals surface area contributed by atoms with Crippen LogP contribution in [0.5, 0.6) is 0 Å². The Kier molecular flexibility index (Phi) is 7.10. The molecule has 5 nitrogen and oxygen atoms in total. The largest absolute Gasteiger partial charge is 0.396 e. The first-order valence-corrected chi connectivity index (χ1v) is 5.52. The molecule has 0 amide bonds. The molecule has 0 fully saturated rings. The lowest BCUT2D eigenvalue weighted by molar-refractivity contribution is -0.0714. The number of hydrogen-bond acceptors (Lipinski definition) is 5. The molecule has 0 aromatic carbocycles. The molecule has 98 valence electrons. The summed E-state index contributed by atoms with van der Waals surface area (Å²) in [6.07, 6.45) is 0.606. The highest BCUT2D eigenvalue weighted by molar-refractivity contribution is 4.77. The summed E-state index contributed by atoms with van der Waals surface area (Å²) in [5, 5.41) is 36.5. The summed E-state index contributed by atoms with van der Waals surface area (Å²) in [6, 6.07) is 0. The maximum Gasteiger partial charge on any atom is 0.0566 e. The van der Waals surface area contributed by atoms with Crippen molar-refractivity contribution in [3.05, 3.63) is 0 Å². The van der Waals surface area contributed by atoms with Crippen LogP contribution in [0.4, 0.5) is 0 Å².